The van der Waals surface area contributed by atoms with Crippen LogP contribution in [0.4, 0.5) is 10.1 Å². The summed E-state index contributed by atoms with van der Waals surface area (Å²) < 4.78 is 31.1. The average Bonchev–Trinajstić information content (AvgIpc) is 2.97. The lowest BCUT2D eigenvalue weighted by atomic mass is 9.87. The molecule has 1 aliphatic rings. The van der Waals surface area contributed by atoms with E-state index in [2.05, 4.69) is 5.32 Å². The summed E-state index contributed by atoms with van der Waals surface area (Å²) in [5.41, 5.74) is 9.14. The lowest BCUT2D eigenvalue weighted by Gasteiger charge is -2.31. The van der Waals surface area contributed by atoms with Crippen molar-refractivity contribution in [3.63, 3.8) is 0 Å². The molecule has 1 heterocycles. The second kappa shape index (κ2) is 14.1. The van der Waals surface area contributed by atoms with Crippen molar-refractivity contribution in [1.82, 2.24) is 0 Å². The molecule has 0 aromatic heterocycles. The Morgan fingerprint density at radius 1 is 1.03 bits per heavy atom. The molecule has 0 aliphatic carbocycles. The third kappa shape index (κ3) is 8.02. The second-order valence-electron chi connectivity index (χ2n) is 9.79. The minimum atomic E-state index is -0.923. The van der Waals surface area contributed by atoms with Gasteiger partial charge in [-0.1, -0.05) is 36.4 Å². The van der Waals surface area contributed by atoms with Crippen molar-refractivity contribution < 1.29 is 28.5 Å². The molecule has 3 aromatic rings. The molecule has 1 aliphatic heterocycles. The fourth-order valence-corrected chi connectivity index (χ4v) is 4.90. The van der Waals surface area contributed by atoms with Gasteiger partial charge in [0.25, 0.3) is 0 Å². The van der Waals surface area contributed by atoms with Crippen LogP contribution < -0.4 is 15.8 Å². The van der Waals surface area contributed by atoms with E-state index < -0.39 is 24.0 Å². The summed E-state index contributed by atoms with van der Waals surface area (Å²) in [7, 11) is 1.59. The Balaban J connectivity index is 1.59. The molecular formula is C31H37FN2O5. The van der Waals surface area contributed by atoms with Gasteiger partial charge in [-0.3, -0.25) is 4.79 Å². The van der Waals surface area contributed by atoms with Crippen molar-refractivity contribution in [3.8, 4) is 5.75 Å². The molecular weight excluding hydrogens is 499 g/mol. The van der Waals surface area contributed by atoms with Crippen molar-refractivity contribution in [1.29, 1.82) is 0 Å². The fraction of sp³-hybridized carbons (Fsp3) is 0.387. The van der Waals surface area contributed by atoms with E-state index in [0.29, 0.717) is 31.7 Å². The number of aliphatic carboxylic acids is 1. The van der Waals surface area contributed by atoms with Crippen LogP contribution in [0.5, 0.6) is 5.75 Å². The largest absolute Gasteiger partial charge is 0.497 e. The molecule has 0 bridgehead atoms. The Labute approximate surface area is 229 Å². The Hall–Kier alpha value is -3.46. The summed E-state index contributed by atoms with van der Waals surface area (Å²) in [4.78, 5) is 12.7. The fourth-order valence-electron chi connectivity index (χ4n) is 4.90. The minimum Gasteiger partial charge on any atom is -0.497 e. The predicted octanol–water partition coefficient (Wildman–Crippen LogP) is 6.21. The number of carboxylic acids is 1. The first-order valence-electron chi connectivity index (χ1n) is 13.4. The highest BCUT2D eigenvalue weighted by atomic mass is 19.1. The number of hydrogen-bond donors (Lipinski definition) is 3. The summed E-state index contributed by atoms with van der Waals surface area (Å²) in [5.74, 6) is -1.35. The first-order valence-corrected chi connectivity index (χ1v) is 13.4. The highest BCUT2D eigenvalue weighted by Gasteiger charge is 2.32. The molecule has 2 unspecified atom stereocenters. The van der Waals surface area contributed by atoms with Gasteiger partial charge in [0, 0.05) is 18.8 Å². The number of halogens is 1. The molecule has 0 radical (unpaired) electrons. The molecule has 7 nitrogen and oxygen atoms in total. The zero-order chi connectivity index (χ0) is 27.6. The van der Waals surface area contributed by atoms with Gasteiger partial charge < -0.3 is 30.4 Å². The molecule has 4 N–H and O–H groups in total. The average molecular weight is 537 g/mol. The van der Waals surface area contributed by atoms with Crippen molar-refractivity contribution in [2.75, 3.05) is 19.0 Å². The molecule has 0 spiro atoms. The highest BCUT2D eigenvalue weighted by Crippen LogP contribution is 2.35. The lowest BCUT2D eigenvalue weighted by molar-refractivity contribution is -0.192. The van der Waals surface area contributed by atoms with Crippen LogP contribution in [-0.2, 0) is 20.8 Å². The molecule has 4 rings (SSSR count). The van der Waals surface area contributed by atoms with E-state index in [1.165, 1.54) is 12.1 Å². The lowest BCUT2D eigenvalue weighted by Crippen LogP contribution is -2.29. The summed E-state index contributed by atoms with van der Waals surface area (Å²) in [6.45, 7) is 1.06. The maximum absolute atomic E-state index is 13.7. The van der Waals surface area contributed by atoms with Crippen LogP contribution in [-0.4, -0.2) is 31.1 Å². The van der Waals surface area contributed by atoms with E-state index in [1.807, 2.05) is 48.5 Å². The van der Waals surface area contributed by atoms with Gasteiger partial charge in [-0.15, -0.1) is 0 Å². The predicted molar refractivity (Wildman–Crippen MR) is 148 cm³/mol. The highest BCUT2D eigenvalue weighted by molar-refractivity contribution is 5.72. The number of benzene rings is 3. The van der Waals surface area contributed by atoms with Crippen molar-refractivity contribution in [2.24, 2.45) is 11.7 Å². The van der Waals surface area contributed by atoms with Gasteiger partial charge in [0.2, 0.25) is 0 Å². The standard InChI is InChI=1S/C31H37FN2O5/c1-37-26-15-9-23(10-16-26)30(34-25-13-5-21(20-33)6-14-25)27(31(35)36)17-18-28(22-7-11-24(32)12-8-22)39-29-4-2-3-19-38-29/h5-16,27-30,34H,2-4,17-20,33H2,1H3,(H,35,36)/t27-,28+,29?,30?/m1/s1. The quantitative estimate of drug-likeness (QED) is 0.239. The molecule has 1 fully saturated rings. The van der Waals surface area contributed by atoms with E-state index in [9.17, 15) is 14.3 Å². The van der Waals surface area contributed by atoms with Gasteiger partial charge in [-0.05, 0) is 85.2 Å². The smallest absolute Gasteiger partial charge is 0.308 e. The monoisotopic (exact) mass is 536 g/mol. The van der Waals surface area contributed by atoms with E-state index in [4.69, 9.17) is 19.9 Å². The van der Waals surface area contributed by atoms with Gasteiger partial charge in [0.15, 0.2) is 6.29 Å². The molecule has 3 aromatic carbocycles. The van der Waals surface area contributed by atoms with Gasteiger partial charge >= 0.3 is 5.97 Å². The Bertz CT molecular complexity index is 1170. The van der Waals surface area contributed by atoms with Crippen LogP contribution in [0.15, 0.2) is 72.8 Å². The van der Waals surface area contributed by atoms with E-state index in [-0.39, 0.29) is 12.1 Å². The van der Waals surface area contributed by atoms with Crippen molar-refractivity contribution in [2.45, 2.75) is 57.1 Å². The molecule has 4 atom stereocenters. The first-order chi connectivity index (χ1) is 19.0. The molecule has 8 heteroatoms. The van der Waals surface area contributed by atoms with E-state index in [0.717, 1.165) is 41.6 Å². The molecule has 0 amide bonds. The molecule has 1 saturated heterocycles. The molecule has 39 heavy (non-hydrogen) atoms. The van der Waals surface area contributed by atoms with Gasteiger partial charge in [-0.25, -0.2) is 4.39 Å². The van der Waals surface area contributed by atoms with Crippen LogP contribution in [0.1, 0.15) is 60.9 Å². The number of carbonyl (C=O) groups is 1. The third-order valence-electron chi connectivity index (χ3n) is 7.14. The number of carboxylic acid groups (broad SMARTS) is 1. The van der Waals surface area contributed by atoms with Crippen molar-refractivity contribution >= 4 is 11.7 Å². The van der Waals surface area contributed by atoms with Gasteiger partial charge in [0.1, 0.15) is 11.6 Å². The summed E-state index contributed by atoms with van der Waals surface area (Å²) >= 11 is 0. The minimum absolute atomic E-state index is 0.314. The molecule has 0 saturated carbocycles. The zero-order valence-corrected chi connectivity index (χ0v) is 22.2. The Kier molecular flexibility index (Phi) is 10.3. The van der Waals surface area contributed by atoms with Crippen LogP contribution in [0, 0.1) is 11.7 Å². The number of hydrogen-bond acceptors (Lipinski definition) is 6. The second-order valence-corrected chi connectivity index (χ2v) is 9.79. The maximum atomic E-state index is 13.7. The topological polar surface area (TPSA) is 103 Å². The maximum Gasteiger partial charge on any atom is 0.308 e. The van der Waals surface area contributed by atoms with Crippen LogP contribution in [0.25, 0.3) is 0 Å². The molecule has 208 valence electrons. The third-order valence-corrected chi connectivity index (χ3v) is 7.14. The number of nitrogens with one attached hydrogen (secondary N) is 1. The SMILES string of the molecule is COc1ccc(C(Nc2ccc(CN)cc2)[C@@H](CC[C@H](OC2CCCCO2)c2ccc(F)cc2)C(=O)O)cc1. The van der Waals surface area contributed by atoms with E-state index >= 15 is 0 Å². The normalized spacial score (nSPS) is 17.7. The summed E-state index contributed by atoms with van der Waals surface area (Å²) in [6, 6.07) is 20.7. The van der Waals surface area contributed by atoms with E-state index in [1.54, 1.807) is 19.2 Å². The number of methoxy groups -OCH3 is 1. The summed E-state index contributed by atoms with van der Waals surface area (Å²) in [6.07, 6.45) is 2.70. The van der Waals surface area contributed by atoms with Crippen LogP contribution in [0.2, 0.25) is 0 Å². The Morgan fingerprint density at radius 2 is 1.72 bits per heavy atom. The van der Waals surface area contributed by atoms with Gasteiger partial charge in [0.05, 0.1) is 25.2 Å². The van der Waals surface area contributed by atoms with Crippen LogP contribution in [0.3, 0.4) is 0 Å². The summed E-state index contributed by atoms with van der Waals surface area (Å²) in [5, 5.41) is 13.9. The van der Waals surface area contributed by atoms with Gasteiger partial charge in [-0.2, -0.15) is 0 Å². The number of nitrogens with two attached hydrogens (primary N) is 1. The number of anilines is 1. The first kappa shape index (κ1) is 28.5. The Morgan fingerprint density at radius 3 is 2.31 bits per heavy atom. The van der Waals surface area contributed by atoms with Crippen LogP contribution >= 0.6 is 0 Å². The van der Waals surface area contributed by atoms with Crippen molar-refractivity contribution in [3.05, 3.63) is 95.3 Å². The number of rotatable bonds is 13. The zero-order valence-electron chi connectivity index (χ0n) is 22.2. The number of ether oxygens (including phenoxy) is 3.